The van der Waals surface area contributed by atoms with E-state index in [0.29, 0.717) is 32.6 Å². The zero-order valence-electron chi connectivity index (χ0n) is 11.7. The van der Waals surface area contributed by atoms with Gasteiger partial charge in [-0.2, -0.15) is 10.5 Å². The van der Waals surface area contributed by atoms with Gasteiger partial charge < -0.3 is 9.30 Å². The van der Waals surface area contributed by atoms with Gasteiger partial charge in [-0.1, -0.05) is 30.3 Å². The van der Waals surface area contributed by atoms with Crippen molar-refractivity contribution < 1.29 is 4.74 Å². The summed E-state index contributed by atoms with van der Waals surface area (Å²) < 4.78 is 7.38. The van der Waals surface area contributed by atoms with E-state index >= 15 is 0 Å². The first kappa shape index (κ1) is 14.8. The quantitative estimate of drug-likeness (QED) is 0.731. The largest absolute Gasteiger partial charge is 0.374 e. The molecule has 0 radical (unpaired) electrons. The lowest BCUT2D eigenvalue weighted by molar-refractivity contribution is 0.124. The summed E-state index contributed by atoms with van der Waals surface area (Å²) >= 11 is 0. The number of hydrogen-bond donors (Lipinski definition) is 0. The van der Waals surface area contributed by atoms with Crippen LogP contribution in [-0.4, -0.2) is 16.2 Å². The molecular formula is C16H16N4O. The fourth-order valence-corrected chi connectivity index (χ4v) is 1.99. The molecule has 0 saturated carbocycles. The van der Waals surface area contributed by atoms with Gasteiger partial charge in [0, 0.05) is 18.3 Å². The molecule has 1 aromatic heterocycles. The number of aromatic nitrogens is 2. The van der Waals surface area contributed by atoms with Crippen LogP contribution < -0.4 is 0 Å². The van der Waals surface area contributed by atoms with Crippen molar-refractivity contribution in [1.29, 1.82) is 10.5 Å². The molecular weight excluding hydrogens is 264 g/mol. The van der Waals surface area contributed by atoms with E-state index in [1.54, 1.807) is 0 Å². The fourth-order valence-electron chi connectivity index (χ4n) is 1.99. The van der Waals surface area contributed by atoms with Crippen LogP contribution in [-0.2, 0) is 17.9 Å². The van der Waals surface area contributed by atoms with Crippen molar-refractivity contribution in [3.05, 3.63) is 42.2 Å². The van der Waals surface area contributed by atoms with Crippen LogP contribution in [0, 0.1) is 22.7 Å². The highest BCUT2D eigenvalue weighted by Crippen LogP contribution is 2.19. The van der Waals surface area contributed by atoms with Crippen LogP contribution in [0.25, 0.3) is 11.4 Å². The summed E-state index contributed by atoms with van der Waals surface area (Å²) in [6.07, 6.45) is 2.72. The van der Waals surface area contributed by atoms with Crippen molar-refractivity contribution >= 4 is 0 Å². The molecule has 1 heterocycles. The second-order valence-corrected chi connectivity index (χ2v) is 4.48. The number of benzene rings is 1. The van der Waals surface area contributed by atoms with E-state index in [4.69, 9.17) is 15.3 Å². The summed E-state index contributed by atoms with van der Waals surface area (Å²) in [5.41, 5.74) is 1.82. The molecule has 0 fully saturated rings. The maximum absolute atomic E-state index is 8.76. The first-order valence-electron chi connectivity index (χ1n) is 6.78. The van der Waals surface area contributed by atoms with Crippen LogP contribution in [0.1, 0.15) is 18.5 Å². The molecule has 0 aliphatic heterocycles. The predicted octanol–water partition coefficient (Wildman–Crippen LogP) is 2.89. The molecule has 0 saturated heterocycles. The summed E-state index contributed by atoms with van der Waals surface area (Å²) in [5.74, 6) is 0.838. The summed E-state index contributed by atoms with van der Waals surface area (Å²) in [6, 6.07) is 14.0. The Morgan fingerprint density at radius 1 is 1.10 bits per heavy atom. The van der Waals surface area contributed by atoms with Crippen LogP contribution >= 0.6 is 0 Å². The highest BCUT2D eigenvalue weighted by molar-refractivity contribution is 5.55. The van der Waals surface area contributed by atoms with E-state index in [1.807, 2.05) is 47.2 Å². The molecule has 0 bridgehead atoms. The zero-order chi connectivity index (χ0) is 14.9. The standard InChI is InChI=1S/C16H16N4O/c17-8-4-10-20-12-15(13-21-11-5-9-18)19-16(20)14-6-2-1-3-7-14/h1-3,6-7,12H,4-5,10-11,13H2. The first-order chi connectivity index (χ1) is 10.3. The van der Waals surface area contributed by atoms with Crippen molar-refractivity contribution in [2.75, 3.05) is 6.61 Å². The topological polar surface area (TPSA) is 74.6 Å². The number of imidazole rings is 1. The highest BCUT2D eigenvalue weighted by atomic mass is 16.5. The summed E-state index contributed by atoms with van der Waals surface area (Å²) in [5, 5.41) is 17.2. The average Bonchev–Trinajstić information content (AvgIpc) is 2.93. The molecule has 5 heteroatoms. The number of nitrogens with zero attached hydrogens (tertiary/aromatic N) is 4. The molecule has 0 atom stereocenters. The minimum absolute atomic E-state index is 0.376. The van der Waals surface area contributed by atoms with Crippen LogP contribution in [0.3, 0.4) is 0 Å². The number of ether oxygens (including phenoxy) is 1. The van der Waals surface area contributed by atoms with Gasteiger partial charge in [0.25, 0.3) is 0 Å². The number of rotatable bonds is 7. The van der Waals surface area contributed by atoms with Crippen LogP contribution in [0.4, 0.5) is 0 Å². The van der Waals surface area contributed by atoms with E-state index in [1.165, 1.54) is 0 Å². The minimum Gasteiger partial charge on any atom is -0.374 e. The van der Waals surface area contributed by atoms with Gasteiger partial charge in [0.1, 0.15) is 5.82 Å². The summed E-state index contributed by atoms with van der Waals surface area (Å²) in [7, 11) is 0. The Morgan fingerprint density at radius 2 is 1.86 bits per heavy atom. The highest BCUT2D eigenvalue weighted by Gasteiger charge is 2.10. The molecule has 0 N–H and O–H groups in total. The Bertz CT molecular complexity index is 649. The van der Waals surface area contributed by atoms with Gasteiger partial charge in [-0.25, -0.2) is 4.98 Å². The van der Waals surface area contributed by atoms with E-state index in [-0.39, 0.29) is 0 Å². The van der Waals surface area contributed by atoms with Crippen molar-refractivity contribution in [3.8, 4) is 23.5 Å². The van der Waals surface area contributed by atoms with Crippen molar-refractivity contribution in [1.82, 2.24) is 9.55 Å². The van der Waals surface area contributed by atoms with Crippen LogP contribution in [0.2, 0.25) is 0 Å². The van der Waals surface area contributed by atoms with Gasteiger partial charge in [0.2, 0.25) is 0 Å². The third-order valence-corrected chi connectivity index (χ3v) is 2.93. The number of nitriles is 2. The predicted molar refractivity (Wildman–Crippen MR) is 77.8 cm³/mol. The number of aryl methyl sites for hydroxylation is 1. The van der Waals surface area contributed by atoms with Gasteiger partial charge in [-0.3, -0.25) is 0 Å². The molecule has 106 valence electrons. The third-order valence-electron chi connectivity index (χ3n) is 2.93. The Labute approximate surface area is 124 Å². The van der Waals surface area contributed by atoms with Crippen LogP contribution in [0.15, 0.2) is 36.5 Å². The Morgan fingerprint density at radius 3 is 2.57 bits per heavy atom. The molecule has 2 aromatic rings. The van der Waals surface area contributed by atoms with Crippen LogP contribution in [0.5, 0.6) is 0 Å². The Balaban J connectivity index is 2.16. The molecule has 0 aliphatic rings. The van der Waals surface area contributed by atoms with Gasteiger partial charge in [-0.15, -0.1) is 0 Å². The molecule has 21 heavy (non-hydrogen) atoms. The lowest BCUT2D eigenvalue weighted by atomic mass is 10.2. The molecule has 1 aromatic carbocycles. The Kier molecular flexibility index (Phi) is 5.51. The molecule has 0 amide bonds. The molecule has 0 unspecified atom stereocenters. The minimum atomic E-state index is 0.376. The normalized spacial score (nSPS) is 10.0. The second kappa shape index (κ2) is 7.84. The lowest BCUT2D eigenvalue weighted by Gasteiger charge is -2.04. The Hall–Kier alpha value is -2.63. The van der Waals surface area contributed by atoms with Crippen molar-refractivity contribution in [3.63, 3.8) is 0 Å². The fraction of sp³-hybridized carbons (Fsp3) is 0.312. The monoisotopic (exact) mass is 280 g/mol. The number of hydrogen-bond acceptors (Lipinski definition) is 4. The molecule has 2 rings (SSSR count). The van der Waals surface area contributed by atoms with Gasteiger partial charge in [-0.05, 0) is 0 Å². The van der Waals surface area contributed by atoms with E-state index in [0.717, 1.165) is 17.1 Å². The summed E-state index contributed by atoms with van der Waals surface area (Å²) in [4.78, 5) is 4.58. The summed E-state index contributed by atoms with van der Waals surface area (Å²) in [6.45, 7) is 1.38. The lowest BCUT2D eigenvalue weighted by Crippen LogP contribution is -1.98. The van der Waals surface area contributed by atoms with E-state index in [2.05, 4.69) is 11.1 Å². The molecule has 0 aliphatic carbocycles. The SMILES string of the molecule is N#CCCOCc1cn(CCC#N)c(-c2ccccc2)n1. The maximum Gasteiger partial charge on any atom is 0.140 e. The third kappa shape index (κ3) is 4.17. The van der Waals surface area contributed by atoms with Crippen molar-refractivity contribution in [2.24, 2.45) is 0 Å². The zero-order valence-corrected chi connectivity index (χ0v) is 11.7. The van der Waals surface area contributed by atoms with Crippen molar-refractivity contribution in [2.45, 2.75) is 26.0 Å². The maximum atomic E-state index is 8.76. The molecule has 0 spiro atoms. The smallest absolute Gasteiger partial charge is 0.140 e. The average molecular weight is 280 g/mol. The van der Waals surface area contributed by atoms with Gasteiger partial charge in [0.15, 0.2) is 0 Å². The van der Waals surface area contributed by atoms with E-state index in [9.17, 15) is 0 Å². The first-order valence-corrected chi connectivity index (χ1v) is 6.78. The van der Waals surface area contributed by atoms with Gasteiger partial charge in [0.05, 0.1) is 43.9 Å². The van der Waals surface area contributed by atoms with Gasteiger partial charge >= 0.3 is 0 Å². The molecule has 5 nitrogen and oxygen atoms in total. The second-order valence-electron chi connectivity index (χ2n) is 4.48. The van der Waals surface area contributed by atoms with E-state index < -0.39 is 0 Å².